The number of piperidine rings is 1. The standard InChI is InChI=1S/C15H18F6N2/c16-14(17,18)12-5-11(6-13(7-12)15(19,20)21)9-23-3-1-10(8-22)2-4-23/h5-7,10H,1-4,8-9,22H2. The molecule has 1 aliphatic heterocycles. The Hall–Kier alpha value is -1.28. The van der Waals surface area contributed by atoms with Gasteiger partial charge in [-0.25, -0.2) is 0 Å². The van der Waals surface area contributed by atoms with E-state index < -0.39 is 23.5 Å². The maximum absolute atomic E-state index is 12.8. The molecule has 0 unspecified atom stereocenters. The fraction of sp³-hybridized carbons (Fsp3) is 0.600. The maximum Gasteiger partial charge on any atom is 0.416 e. The summed E-state index contributed by atoms with van der Waals surface area (Å²) in [5.41, 5.74) is 3.07. The molecular weight excluding hydrogens is 322 g/mol. The normalized spacial score (nSPS) is 18.4. The predicted octanol–water partition coefficient (Wildman–Crippen LogP) is 3.89. The molecule has 1 aromatic rings. The van der Waals surface area contributed by atoms with Gasteiger partial charge in [0.15, 0.2) is 0 Å². The van der Waals surface area contributed by atoms with Crippen LogP contribution < -0.4 is 5.73 Å². The molecule has 2 nitrogen and oxygen atoms in total. The maximum atomic E-state index is 12.8. The minimum atomic E-state index is -4.80. The molecule has 0 radical (unpaired) electrons. The van der Waals surface area contributed by atoms with Crippen molar-refractivity contribution in [2.75, 3.05) is 19.6 Å². The largest absolute Gasteiger partial charge is 0.416 e. The van der Waals surface area contributed by atoms with Crippen molar-refractivity contribution in [3.05, 3.63) is 34.9 Å². The molecule has 0 spiro atoms. The van der Waals surface area contributed by atoms with Crippen LogP contribution in [0.3, 0.4) is 0 Å². The molecule has 1 aliphatic rings. The van der Waals surface area contributed by atoms with E-state index in [4.69, 9.17) is 5.73 Å². The summed E-state index contributed by atoms with van der Waals surface area (Å²) in [5, 5.41) is 0. The molecule has 0 saturated carbocycles. The van der Waals surface area contributed by atoms with Gasteiger partial charge in [0.2, 0.25) is 0 Å². The van der Waals surface area contributed by atoms with Crippen molar-refractivity contribution in [3.63, 3.8) is 0 Å². The van der Waals surface area contributed by atoms with E-state index in [1.807, 2.05) is 4.90 Å². The molecule has 2 rings (SSSR count). The molecule has 130 valence electrons. The van der Waals surface area contributed by atoms with Crippen LogP contribution in [0.15, 0.2) is 18.2 Å². The SMILES string of the molecule is NCC1CCN(Cc2cc(C(F)(F)F)cc(C(F)(F)F)c2)CC1. The van der Waals surface area contributed by atoms with E-state index in [1.54, 1.807) is 0 Å². The Morgan fingerprint density at radius 3 is 1.78 bits per heavy atom. The number of halogens is 6. The van der Waals surface area contributed by atoms with Gasteiger partial charge < -0.3 is 5.73 Å². The van der Waals surface area contributed by atoms with E-state index in [0.29, 0.717) is 25.6 Å². The molecule has 1 heterocycles. The van der Waals surface area contributed by atoms with Crippen LogP contribution in [0.2, 0.25) is 0 Å². The van der Waals surface area contributed by atoms with Crippen LogP contribution in [-0.4, -0.2) is 24.5 Å². The van der Waals surface area contributed by atoms with Gasteiger partial charge in [-0.3, -0.25) is 4.90 Å². The minimum absolute atomic E-state index is 0.0262. The van der Waals surface area contributed by atoms with Crippen molar-refractivity contribution in [2.24, 2.45) is 11.7 Å². The number of likely N-dealkylation sites (tertiary alicyclic amines) is 1. The molecule has 0 aliphatic carbocycles. The van der Waals surface area contributed by atoms with Gasteiger partial charge in [0.05, 0.1) is 11.1 Å². The fourth-order valence-corrected chi connectivity index (χ4v) is 2.75. The van der Waals surface area contributed by atoms with Crippen LogP contribution in [0, 0.1) is 5.92 Å². The highest BCUT2D eigenvalue weighted by Gasteiger charge is 2.37. The van der Waals surface area contributed by atoms with E-state index in [9.17, 15) is 26.3 Å². The molecule has 8 heteroatoms. The third-order valence-electron chi connectivity index (χ3n) is 4.09. The third kappa shape index (κ3) is 4.84. The summed E-state index contributed by atoms with van der Waals surface area (Å²) in [6.45, 7) is 1.87. The molecule has 2 N–H and O–H groups in total. The lowest BCUT2D eigenvalue weighted by Gasteiger charge is -2.31. The number of alkyl halides is 6. The van der Waals surface area contributed by atoms with Gasteiger partial charge in [-0.1, -0.05) is 0 Å². The molecule has 1 aromatic carbocycles. The molecule has 0 amide bonds. The Labute approximate surface area is 130 Å². The Bertz CT molecular complexity index is 497. The van der Waals surface area contributed by atoms with Gasteiger partial charge in [-0.15, -0.1) is 0 Å². The first-order valence-corrected chi connectivity index (χ1v) is 7.30. The number of hydrogen-bond donors (Lipinski definition) is 1. The fourth-order valence-electron chi connectivity index (χ4n) is 2.75. The van der Waals surface area contributed by atoms with Crippen molar-refractivity contribution in [3.8, 4) is 0 Å². The second-order valence-corrected chi connectivity index (χ2v) is 5.87. The summed E-state index contributed by atoms with van der Waals surface area (Å²) in [5.74, 6) is 0.374. The second-order valence-electron chi connectivity index (χ2n) is 5.87. The highest BCUT2D eigenvalue weighted by atomic mass is 19.4. The molecule has 0 aromatic heterocycles. The summed E-state index contributed by atoms with van der Waals surface area (Å²) in [6, 6.07) is 1.75. The average Bonchev–Trinajstić information content (AvgIpc) is 2.46. The lowest BCUT2D eigenvalue weighted by Crippen LogP contribution is -2.35. The zero-order valence-electron chi connectivity index (χ0n) is 12.3. The van der Waals surface area contributed by atoms with E-state index >= 15 is 0 Å². The van der Waals surface area contributed by atoms with Crippen LogP contribution in [0.5, 0.6) is 0 Å². The molecule has 1 fully saturated rings. The van der Waals surface area contributed by atoms with E-state index in [-0.39, 0.29) is 18.2 Å². The molecule has 23 heavy (non-hydrogen) atoms. The smallest absolute Gasteiger partial charge is 0.330 e. The van der Waals surface area contributed by atoms with Crippen LogP contribution >= 0.6 is 0 Å². The second kappa shape index (κ2) is 6.68. The van der Waals surface area contributed by atoms with Crippen molar-refractivity contribution in [2.45, 2.75) is 31.7 Å². The van der Waals surface area contributed by atoms with Gasteiger partial charge >= 0.3 is 12.4 Å². The summed E-state index contributed by atoms with van der Waals surface area (Å²) in [7, 11) is 0. The minimum Gasteiger partial charge on any atom is -0.330 e. The lowest BCUT2D eigenvalue weighted by atomic mass is 9.96. The highest BCUT2D eigenvalue weighted by molar-refractivity contribution is 5.33. The Morgan fingerprint density at radius 1 is 0.913 bits per heavy atom. The van der Waals surface area contributed by atoms with Gasteiger partial charge in [-0.2, -0.15) is 26.3 Å². The first-order valence-electron chi connectivity index (χ1n) is 7.30. The number of nitrogens with two attached hydrogens (primary N) is 1. The third-order valence-corrected chi connectivity index (χ3v) is 4.09. The number of rotatable bonds is 3. The zero-order chi connectivity index (χ0) is 17.3. The highest BCUT2D eigenvalue weighted by Crippen LogP contribution is 2.36. The van der Waals surface area contributed by atoms with Crippen molar-refractivity contribution >= 4 is 0 Å². The number of benzene rings is 1. The number of nitrogens with zero attached hydrogens (tertiary/aromatic N) is 1. The summed E-state index contributed by atoms with van der Waals surface area (Å²) < 4.78 is 76.9. The lowest BCUT2D eigenvalue weighted by molar-refractivity contribution is -0.143. The van der Waals surface area contributed by atoms with E-state index in [2.05, 4.69) is 0 Å². The predicted molar refractivity (Wildman–Crippen MR) is 73.5 cm³/mol. The Balaban J connectivity index is 2.21. The topological polar surface area (TPSA) is 29.3 Å². The zero-order valence-corrected chi connectivity index (χ0v) is 12.3. The van der Waals surface area contributed by atoms with Gasteiger partial charge in [0.25, 0.3) is 0 Å². The van der Waals surface area contributed by atoms with E-state index in [0.717, 1.165) is 25.0 Å². The average molecular weight is 340 g/mol. The monoisotopic (exact) mass is 340 g/mol. The van der Waals surface area contributed by atoms with Gasteiger partial charge in [0, 0.05) is 6.54 Å². The first-order chi connectivity index (χ1) is 10.6. The summed E-state index contributed by atoms with van der Waals surface area (Å²) in [6.07, 6.45) is -7.99. The summed E-state index contributed by atoms with van der Waals surface area (Å²) in [4.78, 5) is 1.86. The molecular formula is C15H18F6N2. The van der Waals surface area contributed by atoms with Crippen molar-refractivity contribution in [1.29, 1.82) is 0 Å². The summed E-state index contributed by atoms with van der Waals surface area (Å²) >= 11 is 0. The van der Waals surface area contributed by atoms with E-state index in [1.165, 1.54) is 0 Å². The van der Waals surface area contributed by atoms with Crippen molar-refractivity contribution < 1.29 is 26.3 Å². The van der Waals surface area contributed by atoms with Gasteiger partial charge in [0.1, 0.15) is 0 Å². The molecule has 0 bridgehead atoms. The van der Waals surface area contributed by atoms with Crippen LogP contribution in [0.25, 0.3) is 0 Å². The van der Waals surface area contributed by atoms with Crippen LogP contribution in [-0.2, 0) is 18.9 Å². The van der Waals surface area contributed by atoms with Crippen molar-refractivity contribution in [1.82, 2.24) is 4.90 Å². The van der Waals surface area contributed by atoms with Crippen LogP contribution in [0.1, 0.15) is 29.5 Å². The molecule has 1 saturated heterocycles. The van der Waals surface area contributed by atoms with Gasteiger partial charge in [-0.05, 0) is 62.2 Å². The Kier molecular flexibility index (Phi) is 5.25. The quantitative estimate of drug-likeness (QED) is 0.846. The number of hydrogen-bond acceptors (Lipinski definition) is 2. The Morgan fingerprint density at radius 2 is 1.39 bits per heavy atom. The first kappa shape index (κ1) is 18.1. The van der Waals surface area contributed by atoms with Crippen LogP contribution in [0.4, 0.5) is 26.3 Å². The molecule has 0 atom stereocenters.